The number of hydrogen-bond donors (Lipinski definition) is 2. The second-order valence-electron chi connectivity index (χ2n) is 6.24. The van der Waals surface area contributed by atoms with Crippen LogP contribution in [-0.2, 0) is 17.9 Å². The molecule has 5 nitrogen and oxygen atoms in total. The molecule has 122 valence electrons. The van der Waals surface area contributed by atoms with E-state index in [9.17, 15) is 9.59 Å². The fourth-order valence-electron chi connectivity index (χ4n) is 3.31. The van der Waals surface area contributed by atoms with Gasteiger partial charge in [-0.05, 0) is 47.9 Å². The van der Waals surface area contributed by atoms with Gasteiger partial charge in [0.25, 0.3) is 5.91 Å². The van der Waals surface area contributed by atoms with E-state index in [1.165, 1.54) is 11.1 Å². The smallest absolute Gasteiger partial charge is 0.255 e. The lowest BCUT2D eigenvalue weighted by Gasteiger charge is -2.16. The minimum absolute atomic E-state index is 0.130. The number of benzene rings is 2. The highest BCUT2D eigenvalue weighted by Gasteiger charge is 2.22. The lowest BCUT2D eigenvalue weighted by molar-refractivity contribution is -0.117. The molecule has 2 heterocycles. The van der Waals surface area contributed by atoms with Crippen LogP contribution in [0.1, 0.15) is 34.3 Å². The van der Waals surface area contributed by atoms with Gasteiger partial charge >= 0.3 is 0 Å². The summed E-state index contributed by atoms with van der Waals surface area (Å²) in [6.07, 6.45) is 1.48. The van der Waals surface area contributed by atoms with Gasteiger partial charge in [-0.25, -0.2) is 0 Å². The second-order valence-corrected chi connectivity index (χ2v) is 6.24. The number of rotatable bonds is 3. The quantitative estimate of drug-likeness (QED) is 0.914. The van der Waals surface area contributed by atoms with E-state index >= 15 is 0 Å². The van der Waals surface area contributed by atoms with Crippen molar-refractivity contribution in [2.45, 2.75) is 25.9 Å². The van der Waals surface area contributed by atoms with Gasteiger partial charge in [0.2, 0.25) is 5.91 Å². The standard InChI is InChI=1S/C19H19N3O2/c23-18-5-2-8-22(18)17-4-1-3-16(10-17)21-19(24)13-6-7-14-11-20-12-15(14)9-13/h1,3-4,6-7,9-10,20H,2,5,8,11-12H2,(H,21,24). The fraction of sp³-hybridized carbons (Fsp3) is 0.263. The molecule has 2 aliphatic rings. The summed E-state index contributed by atoms with van der Waals surface area (Å²) in [7, 11) is 0. The van der Waals surface area contributed by atoms with Gasteiger partial charge < -0.3 is 15.5 Å². The highest BCUT2D eigenvalue weighted by atomic mass is 16.2. The number of carbonyl (C=O) groups excluding carboxylic acids is 2. The lowest BCUT2D eigenvalue weighted by atomic mass is 10.1. The molecule has 0 bridgehead atoms. The molecular formula is C19H19N3O2. The molecule has 0 spiro atoms. The van der Waals surface area contributed by atoms with Crippen LogP contribution in [0.2, 0.25) is 0 Å². The van der Waals surface area contributed by atoms with Crippen LogP contribution in [-0.4, -0.2) is 18.4 Å². The maximum atomic E-state index is 12.5. The van der Waals surface area contributed by atoms with E-state index in [-0.39, 0.29) is 11.8 Å². The first-order chi connectivity index (χ1) is 11.7. The minimum atomic E-state index is -0.130. The Balaban J connectivity index is 1.52. The summed E-state index contributed by atoms with van der Waals surface area (Å²) in [4.78, 5) is 26.1. The molecule has 0 aromatic heterocycles. The first kappa shape index (κ1) is 14.9. The zero-order valence-corrected chi connectivity index (χ0v) is 13.3. The van der Waals surface area contributed by atoms with E-state index in [2.05, 4.69) is 10.6 Å². The molecule has 2 aliphatic heterocycles. The predicted octanol–water partition coefficient (Wildman–Crippen LogP) is 2.67. The van der Waals surface area contributed by atoms with Gasteiger partial charge in [-0.2, -0.15) is 0 Å². The van der Waals surface area contributed by atoms with Crippen LogP contribution in [0, 0.1) is 0 Å². The molecule has 5 heteroatoms. The summed E-state index contributed by atoms with van der Waals surface area (Å²) >= 11 is 0. The normalized spacial score (nSPS) is 16.3. The van der Waals surface area contributed by atoms with Crippen molar-refractivity contribution < 1.29 is 9.59 Å². The molecule has 2 amide bonds. The highest BCUT2D eigenvalue weighted by molar-refractivity contribution is 6.05. The molecule has 0 atom stereocenters. The van der Waals surface area contributed by atoms with E-state index in [1.54, 1.807) is 4.90 Å². The van der Waals surface area contributed by atoms with E-state index in [1.807, 2.05) is 42.5 Å². The van der Waals surface area contributed by atoms with E-state index in [0.717, 1.165) is 31.7 Å². The van der Waals surface area contributed by atoms with Gasteiger partial charge in [0.05, 0.1) is 0 Å². The van der Waals surface area contributed by atoms with Crippen molar-refractivity contribution in [2.24, 2.45) is 0 Å². The zero-order valence-electron chi connectivity index (χ0n) is 13.3. The Bertz CT molecular complexity index is 816. The zero-order chi connectivity index (χ0) is 16.5. The van der Waals surface area contributed by atoms with Crippen LogP contribution >= 0.6 is 0 Å². The Labute approximate surface area is 140 Å². The monoisotopic (exact) mass is 321 g/mol. The fourth-order valence-corrected chi connectivity index (χ4v) is 3.31. The summed E-state index contributed by atoms with van der Waals surface area (Å²) in [5.74, 6) is 0.0131. The second kappa shape index (κ2) is 6.09. The Hall–Kier alpha value is -2.66. The van der Waals surface area contributed by atoms with E-state index in [4.69, 9.17) is 0 Å². The number of anilines is 2. The average molecular weight is 321 g/mol. The third-order valence-electron chi connectivity index (χ3n) is 4.59. The topological polar surface area (TPSA) is 61.4 Å². The summed E-state index contributed by atoms with van der Waals surface area (Å²) in [6.45, 7) is 2.42. The number of fused-ring (bicyclic) bond motifs is 1. The third kappa shape index (κ3) is 2.78. The van der Waals surface area contributed by atoms with Crippen LogP contribution < -0.4 is 15.5 Å². The first-order valence-corrected chi connectivity index (χ1v) is 8.25. The number of nitrogens with zero attached hydrogens (tertiary/aromatic N) is 1. The summed E-state index contributed by atoms with van der Waals surface area (Å²) in [6, 6.07) is 13.3. The van der Waals surface area contributed by atoms with Crippen LogP contribution in [0.15, 0.2) is 42.5 Å². The SMILES string of the molecule is O=C(Nc1cccc(N2CCCC2=O)c1)c1ccc2c(c1)CNC2. The lowest BCUT2D eigenvalue weighted by Crippen LogP contribution is -2.23. The predicted molar refractivity (Wildman–Crippen MR) is 93.0 cm³/mol. The van der Waals surface area contributed by atoms with Gasteiger partial charge in [-0.15, -0.1) is 0 Å². The maximum Gasteiger partial charge on any atom is 0.255 e. The van der Waals surface area contributed by atoms with E-state index < -0.39 is 0 Å². The molecule has 1 saturated heterocycles. The van der Waals surface area contributed by atoms with Crippen LogP contribution in [0.3, 0.4) is 0 Å². The number of hydrogen-bond acceptors (Lipinski definition) is 3. The number of nitrogens with one attached hydrogen (secondary N) is 2. The van der Waals surface area contributed by atoms with E-state index in [0.29, 0.717) is 17.7 Å². The van der Waals surface area contributed by atoms with Crippen LogP contribution in [0.25, 0.3) is 0 Å². The van der Waals surface area contributed by atoms with Crippen LogP contribution in [0.5, 0.6) is 0 Å². The molecule has 2 aromatic carbocycles. The van der Waals surface area contributed by atoms with Crippen molar-refractivity contribution >= 4 is 23.2 Å². The molecule has 4 rings (SSSR count). The number of carbonyl (C=O) groups is 2. The molecule has 0 radical (unpaired) electrons. The maximum absolute atomic E-state index is 12.5. The molecule has 0 aliphatic carbocycles. The van der Waals surface area contributed by atoms with Crippen molar-refractivity contribution in [1.82, 2.24) is 5.32 Å². The minimum Gasteiger partial charge on any atom is -0.322 e. The molecular weight excluding hydrogens is 302 g/mol. The molecule has 0 unspecified atom stereocenters. The largest absolute Gasteiger partial charge is 0.322 e. The Morgan fingerprint density at radius 3 is 2.79 bits per heavy atom. The highest BCUT2D eigenvalue weighted by Crippen LogP contribution is 2.25. The van der Waals surface area contributed by atoms with Gasteiger partial charge in [0.1, 0.15) is 0 Å². The van der Waals surface area contributed by atoms with Gasteiger partial charge in [0.15, 0.2) is 0 Å². The van der Waals surface area contributed by atoms with Crippen molar-refractivity contribution in [1.29, 1.82) is 0 Å². The van der Waals surface area contributed by atoms with Gasteiger partial charge in [-0.1, -0.05) is 12.1 Å². The summed E-state index contributed by atoms with van der Waals surface area (Å²) in [5, 5.41) is 6.21. The van der Waals surface area contributed by atoms with Crippen molar-refractivity contribution in [3.8, 4) is 0 Å². The first-order valence-electron chi connectivity index (χ1n) is 8.25. The Kier molecular flexibility index (Phi) is 3.78. The average Bonchev–Trinajstić information content (AvgIpc) is 3.22. The van der Waals surface area contributed by atoms with Gasteiger partial charge in [0, 0.05) is 43.0 Å². The molecule has 24 heavy (non-hydrogen) atoms. The van der Waals surface area contributed by atoms with Crippen molar-refractivity contribution in [2.75, 3.05) is 16.8 Å². The van der Waals surface area contributed by atoms with Gasteiger partial charge in [-0.3, -0.25) is 9.59 Å². The molecule has 2 aromatic rings. The Morgan fingerprint density at radius 2 is 1.96 bits per heavy atom. The molecule has 2 N–H and O–H groups in total. The summed E-state index contributed by atoms with van der Waals surface area (Å²) < 4.78 is 0. The van der Waals surface area contributed by atoms with Crippen molar-refractivity contribution in [3.05, 3.63) is 59.2 Å². The van der Waals surface area contributed by atoms with Crippen LogP contribution in [0.4, 0.5) is 11.4 Å². The Morgan fingerprint density at radius 1 is 1.08 bits per heavy atom. The third-order valence-corrected chi connectivity index (χ3v) is 4.59. The van der Waals surface area contributed by atoms with Crippen molar-refractivity contribution in [3.63, 3.8) is 0 Å². The summed E-state index contributed by atoms with van der Waals surface area (Å²) in [5.41, 5.74) is 4.63. The molecule has 1 fully saturated rings. The number of amides is 2. The molecule has 0 saturated carbocycles.